The molecule has 0 amide bonds. The zero-order valence-corrected chi connectivity index (χ0v) is 10.6. The first-order chi connectivity index (χ1) is 8.66. The summed E-state index contributed by atoms with van der Waals surface area (Å²) in [7, 11) is 0. The average molecular weight is 249 g/mol. The van der Waals surface area contributed by atoms with E-state index in [1.54, 1.807) is 12.1 Å². The van der Waals surface area contributed by atoms with Crippen LogP contribution in [0, 0.1) is 10.1 Å². The summed E-state index contributed by atoms with van der Waals surface area (Å²) in [6.07, 6.45) is 0.947. The van der Waals surface area contributed by atoms with Crippen molar-refractivity contribution in [2.24, 2.45) is 0 Å². The van der Waals surface area contributed by atoms with Crippen molar-refractivity contribution >= 4 is 5.69 Å². The van der Waals surface area contributed by atoms with E-state index in [0.29, 0.717) is 6.04 Å². The Labute approximate surface area is 107 Å². The summed E-state index contributed by atoms with van der Waals surface area (Å²) >= 11 is 0. The minimum atomic E-state index is -0.359. The quantitative estimate of drug-likeness (QED) is 0.648. The Morgan fingerprint density at radius 1 is 1.44 bits per heavy atom. The molecule has 0 aliphatic carbocycles. The van der Waals surface area contributed by atoms with Crippen LogP contribution in [0.15, 0.2) is 24.3 Å². The van der Waals surface area contributed by atoms with Crippen molar-refractivity contribution in [3.63, 3.8) is 0 Å². The van der Waals surface area contributed by atoms with Crippen molar-refractivity contribution in [1.29, 1.82) is 0 Å². The fraction of sp³-hybridized carbons (Fsp3) is 0.538. The van der Waals surface area contributed by atoms with Gasteiger partial charge in [-0.25, -0.2) is 0 Å². The largest absolute Gasteiger partial charge is 0.314 e. The second-order valence-electron chi connectivity index (χ2n) is 4.76. The van der Waals surface area contributed by atoms with Gasteiger partial charge in [-0.05, 0) is 18.9 Å². The van der Waals surface area contributed by atoms with Crippen LogP contribution >= 0.6 is 0 Å². The molecule has 1 aliphatic heterocycles. The number of hydrogen-bond acceptors (Lipinski definition) is 4. The predicted octanol–water partition coefficient (Wildman–Crippen LogP) is 1.43. The molecule has 1 aromatic carbocycles. The van der Waals surface area contributed by atoms with Crippen molar-refractivity contribution in [3.8, 4) is 0 Å². The first-order valence-electron chi connectivity index (χ1n) is 6.35. The van der Waals surface area contributed by atoms with Crippen molar-refractivity contribution in [2.75, 3.05) is 26.2 Å². The van der Waals surface area contributed by atoms with Crippen LogP contribution in [0.3, 0.4) is 0 Å². The lowest BCUT2D eigenvalue weighted by Crippen LogP contribution is -2.50. The van der Waals surface area contributed by atoms with Crippen LogP contribution in [-0.4, -0.2) is 42.0 Å². The molecule has 1 atom stereocenters. The molecule has 2 rings (SSSR count). The Bertz CT molecular complexity index is 405. The highest BCUT2D eigenvalue weighted by atomic mass is 16.6. The predicted molar refractivity (Wildman–Crippen MR) is 70.7 cm³/mol. The number of rotatable bonds is 4. The second kappa shape index (κ2) is 5.93. The molecule has 0 bridgehead atoms. The summed E-state index contributed by atoms with van der Waals surface area (Å²) in [6.45, 7) is 6.40. The number of non-ortho nitro benzene ring substituents is 1. The summed E-state index contributed by atoms with van der Waals surface area (Å²) in [4.78, 5) is 12.6. The SMILES string of the molecule is C[C@@H]1CNCCN1CCc1ccc([N+](=O)[O-])cc1. The average Bonchev–Trinajstić information content (AvgIpc) is 2.38. The number of piperazine rings is 1. The highest BCUT2D eigenvalue weighted by Crippen LogP contribution is 2.13. The van der Waals surface area contributed by atoms with E-state index >= 15 is 0 Å². The van der Waals surface area contributed by atoms with E-state index in [1.807, 2.05) is 12.1 Å². The van der Waals surface area contributed by atoms with Gasteiger partial charge in [0.25, 0.3) is 5.69 Å². The molecule has 0 saturated carbocycles. The van der Waals surface area contributed by atoms with Gasteiger partial charge in [-0.15, -0.1) is 0 Å². The zero-order chi connectivity index (χ0) is 13.0. The standard InChI is InChI=1S/C13H19N3O2/c1-11-10-14-7-9-15(11)8-6-12-2-4-13(5-3-12)16(17)18/h2-5,11,14H,6-10H2,1H3/t11-/m1/s1. The van der Waals surface area contributed by atoms with Crippen LogP contribution in [0.4, 0.5) is 5.69 Å². The molecule has 0 radical (unpaired) electrons. The normalized spacial score (nSPS) is 20.8. The Morgan fingerprint density at radius 2 is 2.17 bits per heavy atom. The fourth-order valence-corrected chi connectivity index (χ4v) is 2.27. The van der Waals surface area contributed by atoms with Crippen LogP contribution in [-0.2, 0) is 6.42 Å². The van der Waals surface area contributed by atoms with Crippen LogP contribution < -0.4 is 5.32 Å². The topological polar surface area (TPSA) is 58.4 Å². The van der Waals surface area contributed by atoms with Crippen molar-refractivity contribution in [2.45, 2.75) is 19.4 Å². The monoisotopic (exact) mass is 249 g/mol. The lowest BCUT2D eigenvalue weighted by molar-refractivity contribution is -0.384. The molecule has 0 aromatic heterocycles. The van der Waals surface area contributed by atoms with E-state index in [-0.39, 0.29) is 10.6 Å². The van der Waals surface area contributed by atoms with Gasteiger partial charge in [0, 0.05) is 44.4 Å². The summed E-state index contributed by atoms with van der Waals surface area (Å²) in [5.41, 5.74) is 1.32. The zero-order valence-electron chi connectivity index (χ0n) is 10.6. The molecule has 1 fully saturated rings. The third-order valence-corrected chi connectivity index (χ3v) is 3.47. The Balaban J connectivity index is 1.87. The number of nitro benzene ring substituents is 1. The lowest BCUT2D eigenvalue weighted by Gasteiger charge is -2.33. The van der Waals surface area contributed by atoms with Gasteiger partial charge >= 0.3 is 0 Å². The van der Waals surface area contributed by atoms with E-state index in [4.69, 9.17) is 0 Å². The van der Waals surface area contributed by atoms with Crippen molar-refractivity contribution in [3.05, 3.63) is 39.9 Å². The van der Waals surface area contributed by atoms with E-state index in [9.17, 15) is 10.1 Å². The third-order valence-electron chi connectivity index (χ3n) is 3.47. The lowest BCUT2D eigenvalue weighted by atomic mass is 10.1. The molecule has 0 unspecified atom stereocenters. The first kappa shape index (κ1) is 13.0. The highest BCUT2D eigenvalue weighted by Gasteiger charge is 2.17. The van der Waals surface area contributed by atoms with Gasteiger partial charge in [-0.1, -0.05) is 12.1 Å². The van der Waals surface area contributed by atoms with E-state index in [2.05, 4.69) is 17.1 Å². The molecule has 1 saturated heterocycles. The van der Waals surface area contributed by atoms with Crippen LogP contribution in [0.2, 0.25) is 0 Å². The fourth-order valence-electron chi connectivity index (χ4n) is 2.27. The van der Waals surface area contributed by atoms with Crippen LogP contribution in [0.5, 0.6) is 0 Å². The Kier molecular flexibility index (Phi) is 4.28. The van der Waals surface area contributed by atoms with Gasteiger partial charge in [0.05, 0.1) is 4.92 Å². The minimum Gasteiger partial charge on any atom is -0.314 e. The molecule has 1 N–H and O–H groups in total. The van der Waals surface area contributed by atoms with Gasteiger partial charge in [0.1, 0.15) is 0 Å². The molecule has 98 valence electrons. The first-order valence-corrected chi connectivity index (χ1v) is 6.35. The molecule has 18 heavy (non-hydrogen) atoms. The molecule has 1 aliphatic rings. The van der Waals surface area contributed by atoms with E-state index in [0.717, 1.165) is 38.2 Å². The molecular weight excluding hydrogens is 230 g/mol. The minimum absolute atomic E-state index is 0.161. The van der Waals surface area contributed by atoms with Gasteiger partial charge in [0.15, 0.2) is 0 Å². The number of hydrogen-bond donors (Lipinski definition) is 1. The molecule has 1 aromatic rings. The summed E-state index contributed by atoms with van der Waals surface area (Å²) in [5, 5.41) is 13.9. The maximum atomic E-state index is 10.6. The molecule has 0 spiro atoms. The van der Waals surface area contributed by atoms with Gasteiger partial charge in [-0.3, -0.25) is 15.0 Å². The van der Waals surface area contributed by atoms with Crippen LogP contribution in [0.25, 0.3) is 0 Å². The summed E-state index contributed by atoms with van der Waals surface area (Å²) in [6, 6.07) is 7.43. The Hall–Kier alpha value is -1.46. The number of nitro groups is 1. The van der Waals surface area contributed by atoms with Gasteiger partial charge < -0.3 is 5.32 Å². The van der Waals surface area contributed by atoms with Crippen molar-refractivity contribution in [1.82, 2.24) is 10.2 Å². The Morgan fingerprint density at radius 3 is 2.78 bits per heavy atom. The van der Waals surface area contributed by atoms with Crippen LogP contribution in [0.1, 0.15) is 12.5 Å². The number of nitrogens with zero attached hydrogens (tertiary/aromatic N) is 2. The van der Waals surface area contributed by atoms with Gasteiger partial charge in [-0.2, -0.15) is 0 Å². The van der Waals surface area contributed by atoms with E-state index < -0.39 is 0 Å². The highest BCUT2D eigenvalue weighted by molar-refractivity contribution is 5.32. The molecular formula is C13H19N3O2. The number of nitrogens with one attached hydrogen (secondary N) is 1. The maximum absolute atomic E-state index is 10.6. The van der Waals surface area contributed by atoms with E-state index in [1.165, 1.54) is 0 Å². The maximum Gasteiger partial charge on any atom is 0.269 e. The van der Waals surface area contributed by atoms with Crippen molar-refractivity contribution < 1.29 is 4.92 Å². The summed E-state index contributed by atoms with van der Waals surface area (Å²) < 4.78 is 0. The number of benzene rings is 1. The smallest absolute Gasteiger partial charge is 0.269 e. The second-order valence-corrected chi connectivity index (χ2v) is 4.76. The molecule has 1 heterocycles. The molecule has 5 nitrogen and oxygen atoms in total. The molecule has 5 heteroatoms. The third kappa shape index (κ3) is 3.27. The van der Waals surface area contributed by atoms with Gasteiger partial charge in [0.2, 0.25) is 0 Å². The summed E-state index contributed by atoms with van der Waals surface area (Å²) in [5.74, 6) is 0.